The van der Waals surface area contributed by atoms with Gasteiger partial charge in [0.15, 0.2) is 0 Å². The number of benzene rings is 2. The molecule has 23 heavy (non-hydrogen) atoms. The predicted molar refractivity (Wildman–Crippen MR) is 90.3 cm³/mol. The minimum absolute atomic E-state index is 0.0145. The molecule has 1 saturated heterocycles. The Hall–Kier alpha value is -2.31. The van der Waals surface area contributed by atoms with E-state index in [-0.39, 0.29) is 5.91 Å². The first-order chi connectivity index (χ1) is 11.2. The van der Waals surface area contributed by atoms with Crippen LogP contribution < -0.4 is 0 Å². The number of halogens is 1. The van der Waals surface area contributed by atoms with Gasteiger partial charge in [0.2, 0.25) is 0 Å². The predicted octanol–water partition coefficient (Wildman–Crippen LogP) is 3.92. The van der Waals surface area contributed by atoms with Crippen LogP contribution in [0.1, 0.15) is 27.9 Å². The molecule has 3 rings (SSSR count). The van der Waals surface area contributed by atoms with Crippen molar-refractivity contribution in [1.82, 2.24) is 4.90 Å². The summed E-state index contributed by atoms with van der Waals surface area (Å²) in [5.74, 6) is 0.486. The minimum atomic E-state index is 0.0145. The van der Waals surface area contributed by atoms with Crippen LogP contribution in [0.15, 0.2) is 48.5 Å². The zero-order valence-corrected chi connectivity index (χ0v) is 13.5. The summed E-state index contributed by atoms with van der Waals surface area (Å²) < 4.78 is 0. The van der Waals surface area contributed by atoms with Crippen molar-refractivity contribution in [2.45, 2.75) is 12.8 Å². The summed E-state index contributed by atoms with van der Waals surface area (Å²) in [6.45, 7) is 1.53. The fraction of sp³-hybridized carbons (Fsp3) is 0.263. The van der Waals surface area contributed by atoms with Crippen molar-refractivity contribution in [2.75, 3.05) is 13.1 Å². The number of likely N-dealkylation sites (tertiary alicyclic amines) is 1. The highest BCUT2D eigenvalue weighted by Crippen LogP contribution is 2.23. The fourth-order valence-electron chi connectivity index (χ4n) is 3.04. The molecule has 116 valence electrons. The molecular weight excluding hydrogens is 308 g/mol. The van der Waals surface area contributed by atoms with E-state index in [2.05, 4.69) is 6.07 Å². The molecule has 1 aliphatic heterocycles. The molecule has 4 heteroatoms. The monoisotopic (exact) mass is 324 g/mol. The second kappa shape index (κ2) is 6.85. The van der Waals surface area contributed by atoms with Gasteiger partial charge in [0.1, 0.15) is 0 Å². The topological polar surface area (TPSA) is 44.1 Å². The van der Waals surface area contributed by atoms with Gasteiger partial charge in [-0.15, -0.1) is 0 Å². The van der Waals surface area contributed by atoms with Crippen molar-refractivity contribution in [3.8, 4) is 6.07 Å². The Bertz CT molecular complexity index is 749. The van der Waals surface area contributed by atoms with E-state index in [0.29, 0.717) is 17.0 Å². The van der Waals surface area contributed by atoms with Crippen molar-refractivity contribution in [3.05, 3.63) is 70.2 Å². The maximum Gasteiger partial charge on any atom is 0.253 e. The zero-order valence-electron chi connectivity index (χ0n) is 12.7. The molecule has 1 fully saturated rings. The maximum absolute atomic E-state index is 12.6. The number of nitriles is 1. The third kappa shape index (κ3) is 3.72. The van der Waals surface area contributed by atoms with Crippen LogP contribution in [0.3, 0.4) is 0 Å². The quantitative estimate of drug-likeness (QED) is 0.859. The first kappa shape index (κ1) is 15.6. The molecule has 0 bridgehead atoms. The summed E-state index contributed by atoms with van der Waals surface area (Å²) in [5.41, 5.74) is 2.36. The lowest BCUT2D eigenvalue weighted by Crippen LogP contribution is -2.29. The molecule has 0 radical (unpaired) electrons. The van der Waals surface area contributed by atoms with Gasteiger partial charge in [0.05, 0.1) is 11.6 Å². The fourth-order valence-corrected chi connectivity index (χ4v) is 3.17. The average Bonchev–Trinajstić information content (AvgIpc) is 3.05. The van der Waals surface area contributed by atoms with Crippen LogP contribution in [0.2, 0.25) is 5.02 Å². The van der Waals surface area contributed by atoms with E-state index in [1.165, 1.54) is 5.56 Å². The Morgan fingerprint density at radius 3 is 2.78 bits per heavy atom. The van der Waals surface area contributed by atoms with Gasteiger partial charge in [0.25, 0.3) is 5.91 Å². The van der Waals surface area contributed by atoms with Crippen LogP contribution in [0.25, 0.3) is 0 Å². The van der Waals surface area contributed by atoms with Crippen LogP contribution in [-0.2, 0) is 6.42 Å². The van der Waals surface area contributed by atoms with Crippen molar-refractivity contribution < 1.29 is 4.79 Å². The third-order valence-corrected chi connectivity index (χ3v) is 4.50. The van der Waals surface area contributed by atoms with Gasteiger partial charge >= 0.3 is 0 Å². The van der Waals surface area contributed by atoms with E-state index in [1.807, 2.05) is 29.2 Å². The maximum atomic E-state index is 12.6. The zero-order chi connectivity index (χ0) is 16.2. The van der Waals surface area contributed by atoms with Gasteiger partial charge in [0, 0.05) is 23.7 Å². The van der Waals surface area contributed by atoms with Crippen LogP contribution in [0.5, 0.6) is 0 Å². The first-order valence-corrected chi connectivity index (χ1v) is 8.07. The number of hydrogen-bond donors (Lipinski definition) is 0. The standard InChI is InChI=1S/C19H17ClN2O/c20-18-6-4-14(5-7-18)10-16-8-9-22(13-16)19(23)17-3-1-2-15(11-17)12-21/h1-7,11,16H,8-10,13H2. The SMILES string of the molecule is N#Cc1cccc(C(=O)N2CCC(Cc3ccc(Cl)cc3)C2)c1. The highest BCUT2D eigenvalue weighted by atomic mass is 35.5. The summed E-state index contributed by atoms with van der Waals surface area (Å²) in [6.07, 6.45) is 1.96. The number of carbonyl (C=O) groups is 1. The molecule has 0 N–H and O–H groups in total. The van der Waals surface area contributed by atoms with Gasteiger partial charge in [-0.25, -0.2) is 0 Å². The highest BCUT2D eigenvalue weighted by Gasteiger charge is 2.27. The van der Waals surface area contributed by atoms with Crippen molar-refractivity contribution >= 4 is 17.5 Å². The molecule has 1 aliphatic rings. The van der Waals surface area contributed by atoms with E-state index in [0.717, 1.165) is 31.0 Å². The smallest absolute Gasteiger partial charge is 0.253 e. The summed E-state index contributed by atoms with van der Waals surface area (Å²) in [6, 6.07) is 16.9. The lowest BCUT2D eigenvalue weighted by molar-refractivity contribution is 0.0787. The molecule has 1 unspecified atom stereocenters. The van der Waals surface area contributed by atoms with Gasteiger partial charge in [-0.2, -0.15) is 5.26 Å². The van der Waals surface area contributed by atoms with Gasteiger partial charge in [-0.3, -0.25) is 4.79 Å². The lowest BCUT2D eigenvalue weighted by Gasteiger charge is -2.17. The first-order valence-electron chi connectivity index (χ1n) is 7.69. The molecule has 3 nitrogen and oxygen atoms in total. The lowest BCUT2D eigenvalue weighted by atomic mass is 9.99. The summed E-state index contributed by atoms with van der Waals surface area (Å²) in [5, 5.41) is 9.70. The molecule has 0 spiro atoms. The largest absolute Gasteiger partial charge is 0.338 e. The van der Waals surface area contributed by atoms with Crippen LogP contribution in [0.4, 0.5) is 0 Å². The normalized spacial score (nSPS) is 17.0. The molecule has 2 aromatic carbocycles. The molecule has 1 amide bonds. The number of hydrogen-bond acceptors (Lipinski definition) is 2. The van der Waals surface area contributed by atoms with E-state index in [9.17, 15) is 4.79 Å². The van der Waals surface area contributed by atoms with Gasteiger partial charge in [-0.1, -0.05) is 29.8 Å². The van der Waals surface area contributed by atoms with E-state index in [1.54, 1.807) is 24.3 Å². The number of amides is 1. The summed E-state index contributed by atoms with van der Waals surface area (Å²) in [7, 11) is 0. The van der Waals surface area contributed by atoms with Crippen molar-refractivity contribution in [3.63, 3.8) is 0 Å². The highest BCUT2D eigenvalue weighted by molar-refractivity contribution is 6.30. The van der Waals surface area contributed by atoms with Crippen molar-refractivity contribution in [2.24, 2.45) is 5.92 Å². The Morgan fingerprint density at radius 1 is 1.26 bits per heavy atom. The molecule has 0 aliphatic carbocycles. The van der Waals surface area contributed by atoms with Crippen molar-refractivity contribution in [1.29, 1.82) is 5.26 Å². The molecule has 0 saturated carbocycles. The van der Waals surface area contributed by atoms with Gasteiger partial charge < -0.3 is 4.90 Å². The summed E-state index contributed by atoms with van der Waals surface area (Å²) >= 11 is 5.91. The van der Waals surface area contributed by atoms with Crippen LogP contribution in [-0.4, -0.2) is 23.9 Å². The Kier molecular flexibility index (Phi) is 4.64. The van der Waals surface area contributed by atoms with E-state index < -0.39 is 0 Å². The minimum Gasteiger partial charge on any atom is -0.338 e. The second-order valence-electron chi connectivity index (χ2n) is 5.93. The molecule has 2 aromatic rings. The second-order valence-corrected chi connectivity index (χ2v) is 6.37. The van der Waals surface area contributed by atoms with E-state index >= 15 is 0 Å². The van der Waals surface area contributed by atoms with E-state index in [4.69, 9.17) is 16.9 Å². The number of nitrogens with zero attached hydrogens (tertiary/aromatic N) is 2. The average molecular weight is 325 g/mol. The summed E-state index contributed by atoms with van der Waals surface area (Å²) in [4.78, 5) is 14.4. The Labute approximate surface area is 141 Å². The molecule has 1 heterocycles. The Balaban J connectivity index is 1.63. The van der Waals surface area contributed by atoms with Gasteiger partial charge in [-0.05, 0) is 54.7 Å². The van der Waals surface area contributed by atoms with Crippen LogP contribution >= 0.6 is 11.6 Å². The number of carbonyl (C=O) groups excluding carboxylic acids is 1. The number of rotatable bonds is 3. The third-order valence-electron chi connectivity index (χ3n) is 4.25. The molecule has 0 aromatic heterocycles. The van der Waals surface area contributed by atoms with Crippen LogP contribution in [0, 0.1) is 17.2 Å². The molecular formula is C19H17ClN2O. The molecule has 1 atom stereocenters. The Morgan fingerprint density at radius 2 is 2.04 bits per heavy atom.